The van der Waals surface area contributed by atoms with Gasteiger partial charge in [-0.05, 0) is 134 Å². The summed E-state index contributed by atoms with van der Waals surface area (Å²) in [5.74, 6) is -0.0136. The summed E-state index contributed by atoms with van der Waals surface area (Å²) in [6.45, 7) is 39.7. The van der Waals surface area contributed by atoms with Gasteiger partial charge in [0.05, 0.1) is 31.3 Å². The molecule has 0 aliphatic carbocycles. The molecule has 2 unspecified atom stereocenters. The molecular formula is C63H128N2O8Si2. The van der Waals surface area contributed by atoms with Crippen molar-refractivity contribution >= 4 is 34.7 Å². The molecule has 0 heterocycles. The van der Waals surface area contributed by atoms with E-state index in [9.17, 15) is 14.4 Å². The molecular weight excluding hydrogens is 969 g/mol. The number of hydrogen-bond donors (Lipinski definition) is 1. The Hall–Kier alpha value is -1.48. The molecule has 0 bridgehead atoms. The summed E-state index contributed by atoms with van der Waals surface area (Å²) in [5.41, 5.74) is -0.540. The van der Waals surface area contributed by atoms with E-state index >= 15 is 0 Å². The molecule has 10 nitrogen and oxygen atoms in total. The van der Waals surface area contributed by atoms with Gasteiger partial charge in [0.2, 0.25) is 0 Å². The Labute approximate surface area is 468 Å². The van der Waals surface area contributed by atoms with E-state index in [1.165, 1.54) is 103 Å². The van der Waals surface area contributed by atoms with Crippen LogP contribution < -0.4 is 5.32 Å². The maximum atomic E-state index is 13.5. The molecule has 12 heteroatoms. The van der Waals surface area contributed by atoms with Gasteiger partial charge in [-0.15, -0.1) is 0 Å². The van der Waals surface area contributed by atoms with Crippen molar-refractivity contribution in [2.45, 2.75) is 343 Å². The SMILES string of the molecule is CCCCCCCCCCC(=O)OCCCCC(CN(CCCCNC(=O)OC(C)(C)C)CC(CCCCCOC(=O)C(CCCCCCCC)CCCCCCCC)O[Si](C)(C)C(C)(C)C)O[Si](C)(C)C(C)(C)C. The van der Waals surface area contributed by atoms with Crippen molar-refractivity contribution in [1.29, 1.82) is 0 Å². The fourth-order valence-corrected chi connectivity index (χ4v) is 11.9. The number of unbranched alkanes of at least 4 members (excludes halogenated alkanes) is 21. The van der Waals surface area contributed by atoms with Gasteiger partial charge in [0.15, 0.2) is 16.6 Å². The summed E-state index contributed by atoms with van der Waals surface area (Å²) in [6.07, 6.45) is 34.9. The minimum absolute atomic E-state index is 0.0213. The van der Waals surface area contributed by atoms with Crippen LogP contribution in [0.4, 0.5) is 4.79 Å². The average molecular weight is 1100 g/mol. The monoisotopic (exact) mass is 1100 g/mol. The molecule has 0 aromatic heterocycles. The zero-order valence-corrected chi connectivity index (χ0v) is 54.8. The van der Waals surface area contributed by atoms with Gasteiger partial charge in [0, 0.05) is 26.1 Å². The molecule has 75 heavy (non-hydrogen) atoms. The van der Waals surface area contributed by atoms with Crippen LogP contribution in [0.25, 0.3) is 0 Å². The molecule has 0 aromatic carbocycles. The van der Waals surface area contributed by atoms with Gasteiger partial charge in [-0.3, -0.25) is 14.5 Å². The van der Waals surface area contributed by atoms with Gasteiger partial charge in [-0.1, -0.05) is 191 Å². The van der Waals surface area contributed by atoms with Crippen molar-refractivity contribution in [3.05, 3.63) is 0 Å². The van der Waals surface area contributed by atoms with Crippen LogP contribution in [-0.2, 0) is 32.7 Å². The van der Waals surface area contributed by atoms with Crippen molar-refractivity contribution in [3.8, 4) is 0 Å². The van der Waals surface area contributed by atoms with Gasteiger partial charge in [-0.2, -0.15) is 0 Å². The number of esters is 2. The van der Waals surface area contributed by atoms with Crippen molar-refractivity contribution < 1.29 is 37.4 Å². The van der Waals surface area contributed by atoms with Gasteiger partial charge in [-0.25, -0.2) is 4.79 Å². The van der Waals surface area contributed by atoms with E-state index in [2.05, 4.69) is 98.7 Å². The second kappa shape index (κ2) is 42.4. The molecule has 0 spiro atoms. The summed E-state index contributed by atoms with van der Waals surface area (Å²) in [6, 6.07) is 0. The van der Waals surface area contributed by atoms with E-state index in [4.69, 9.17) is 23.1 Å². The molecule has 0 fully saturated rings. The molecule has 0 saturated heterocycles. The highest BCUT2D eigenvalue weighted by Gasteiger charge is 2.41. The van der Waals surface area contributed by atoms with E-state index in [0.29, 0.717) is 26.2 Å². The van der Waals surface area contributed by atoms with Gasteiger partial charge >= 0.3 is 18.0 Å². The number of alkyl carbamates (subject to hydrolysis) is 1. The van der Waals surface area contributed by atoms with E-state index in [1.54, 1.807) is 0 Å². The minimum atomic E-state index is -2.14. The van der Waals surface area contributed by atoms with Crippen LogP contribution in [0.1, 0.15) is 289 Å². The zero-order valence-electron chi connectivity index (χ0n) is 52.8. The standard InChI is InChI=1S/C63H128N2O8Si2/c1-17-20-23-26-29-30-33-38-48-58(66)69-51-43-39-47-57(73-75(15,16)63(10,11)12)54-65(50-41-40-49-64-60(68)71-61(4,5)6)53-56(72-74(13,14)62(7,8)9)46-37-34-42-52-70-59(67)55(44-35-31-27-24-21-18-2)45-36-32-28-25-22-19-3/h55-57H,17-54H2,1-16H3,(H,64,68). The Morgan fingerprint density at radius 1 is 0.467 bits per heavy atom. The second-order valence-corrected chi connectivity index (χ2v) is 36.2. The third-order valence-corrected chi connectivity index (χ3v) is 25.1. The molecule has 2 atom stereocenters. The number of amides is 1. The van der Waals surface area contributed by atoms with Gasteiger partial charge in [0.25, 0.3) is 0 Å². The van der Waals surface area contributed by atoms with Gasteiger partial charge in [0.1, 0.15) is 5.60 Å². The van der Waals surface area contributed by atoms with E-state index in [0.717, 1.165) is 116 Å². The van der Waals surface area contributed by atoms with Crippen molar-refractivity contribution in [1.82, 2.24) is 10.2 Å². The van der Waals surface area contributed by atoms with Crippen LogP contribution in [0.3, 0.4) is 0 Å². The first-order valence-electron chi connectivity index (χ1n) is 31.7. The van der Waals surface area contributed by atoms with Crippen LogP contribution in [0.2, 0.25) is 36.3 Å². The Kier molecular flexibility index (Phi) is 41.6. The minimum Gasteiger partial charge on any atom is -0.466 e. The third-order valence-electron chi connectivity index (χ3n) is 16.0. The molecule has 1 amide bonds. The van der Waals surface area contributed by atoms with Crippen molar-refractivity contribution in [2.24, 2.45) is 5.92 Å². The Morgan fingerprint density at radius 2 is 0.853 bits per heavy atom. The largest absolute Gasteiger partial charge is 0.466 e. The highest BCUT2D eigenvalue weighted by Crippen LogP contribution is 2.39. The van der Waals surface area contributed by atoms with Crippen LogP contribution in [0, 0.1) is 5.92 Å². The number of hydrogen-bond acceptors (Lipinski definition) is 9. The fraction of sp³-hybridized carbons (Fsp3) is 0.952. The van der Waals surface area contributed by atoms with Crippen LogP contribution in [0.15, 0.2) is 0 Å². The highest BCUT2D eigenvalue weighted by atomic mass is 28.4. The predicted octanol–water partition coefficient (Wildman–Crippen LogP) is 18.8. The number of nitrogens with one attached hydrogen (secondary N) is 1. The van der Waals surface area contributed by atoms with E-state index in [1.807, 2.05) is 20.8 Å². The molecule has 0 saturated carbocycles. The first-order chi connectivity index (χ1) is 35.3. The molecule has 1 N–H and O–H groups in total. The lowest BCUT2D eigenvalue weighted by Gasteiger charge is -2.42. The van der Waals surface area contributed by atoms with Gasteiger partial charge < -0.3 is 28.4 Å². The summed E-state index contributed by atoms with van der Waals surface area (Å²) in [4.78, 5) is 41.3. The van der Waals surface area contributed by atoms with Crippen LogP contribution in [0.5, 0.6) is 0 Å². The van der Waals surface area contributed by atoms with E-state index < -0.39 is 22.2 Å². The molecule has 0 aliphatic heterocycles. The Balaban J connectivity index is 6.09. The Bertz CT molecular complexity index is 1390. The lowest BCUT2D eigenvalue weighted by molar-refractivity contribution is -0.149. The Morgan fingerprint density at radius 3 is 1.31 bits per heavy atom. The predicted molar refractivity (Wildman–Crippen MR) is 325 cm³/mol. The zero-order chi connectivity index (χ0) is 56.7. The lowest BCUT2D eigenvalue weighted by atomic mass is 9.94. The number of nitrogens with zero attached hydrogens (tertiary/aromatic N) is 1. The normalized spacial score (nSPS) is 13.6. The maximum Gasteiger partial charge on any atom is 0.407 e. The number of ether oxygens (including phenoxy) is 3. The summed E-state index contributed by atoms with van der Waals surface area (Å²) >= 11 is 0. The smallest absolute Gasteiger partial charge is 0.407 e. The highest BCUT2D eigenvalue weighted by molar-refractivity contribution is 6.74. The number of carbonyl (C=O) groups is 3. The fourth-order valence-electron chi connectivity index (χ4n) is 9.16. The first kappa shape index (κ1) is 73.5. The molecule has 446 valence electrons. The number of carbonyl (C=O) groups excluding carboxylic acids is 3. The summed E-state index contributed by atoms with van der Waals surface area (Å²) in [5, 5.41) is 3.08. The number of rotatable bonds is 48. The average Bonchev–Trinajstić information content (AvgIpc) is 3.30. The van der Waals surface area contributed by atoms with Crippen LogP contribution >= 0.6 is 0 Å². The maximum absolute atomic E-state index is 13.5. The van der Waals surface area contributed by atoms with E-state index in [-0.39, 0.29) is 46.2 Å². The molecule has 0 aliphatic rings. The summed E-state index contributed by atoms with van der Waals surface area (Å²) < 4.78 is 32.0. The summed E-state index contributed by atoms with van der Waals surface area (Å²) in [7, 11) is -4.28. The topological polar surface area (TPSA) is 113 Å². The molecule has 0 radical (unpaired) electrons. The second-order valence-electron chi connectivity index (χ2n) is 26.7. The third kappa shape index (κ3) is 40.4. The molecule has 0 aromatic rings. The van der Waals surface area contributed by atoms with Crippen LogP contribution in [-0.4, -0.2) is 96.8 Å². The first-order valence-corrected chi connectivity index (χ1v) is 37.5. The quantitative estimate of drug-likeness (QED) is 0.0275. The van der Waals surface area contributed by atoms with Crippen molar-refractivity contribution in [3.63, 3.8) is 0 Å². The lowest BCUT2D eigenvalue weighted by Crippen LogP contribution is -2.50. The molecule has 0 rings (SSSR count). The van der Waals surface area contributed by atoms with Crippen molar-refractivity contribution in [2.75, 3.05) is 39.4 Å².